The molecule has 0 saturated carbocycles. The first kappa shape index (κ1) is 18.0. The van der Waals surface area contributed by atoms with Crippen molar-refractivity contribution < 1.29 is 4.79 Å². The fourth-order valence-corrected chi connectivity index (χ4v) is 3.30. The molecule has 0 aliphatic rings. The highest BCUT2D eigenvalue weighted by Gasteiger charge is 2.19. The molecule has 4 aromatic rings. The average molecular weight is 373 g/mol. The van der Waals surface area contributed by atoms with E-state index in [1.807, 2.05) is 37.5 Å². The van der Waals surface area contributed by atoms with E-state index in [0.717, 1.165) is 41.8 Å². The molecule has 0 N–H and O–H groups in total. The van der Waals surface area contributed by atoms with E-state index in [-0.39, 0.29) is 5.91 Å². The third-order valence-corrected chi connectivity index (χ3v) is 4.90. The van der Waals surface area contributed by atoms with Gasteiger partial charge in [0, 0.05) is 43.3 Å². The molecule has 6 nitrogen and oxygen atoms in total. The van der Waals surface area contributed by atoms with Crippen molar-refractivity contribution in [1.82, 2.24) is 24.1 Å². The number of pyridine rings is 2. The van der Waals surface area contributed by atoms with E-state index in [1.165, 1.54) is 0 Å². The van der Waals surface area contributed by atoms with Crippen LogP contribution in [0.3, 0.4) is 0 Å². The van der Waals surface area contributed by atoms with Crippen LogP contribution < -0.4 is 0 Å². The molecule has 0 aliphatic heterocycles. The lowest BCUT2D eigenvalue weighted by Crippen LogP contribution is -2.29. The number of carbonyl (C=O) groups is 1. The largest absolute Gasteiger partial charge is 0.340 e. The maximum atomic E-state index is 12.9. The molecule has 1 amide bonds. The number of fused-ring (bicyclic) bond motifs is 1. The number of hydrogen-bond donors (Lipinski definition) is 0. The van der Waals surface area contributed by atoms with E-state index in [0.29, 0.717) is 5.69 Å². The van der Waals surface area contributed by atoms with Crippen LogP contribution in [-0.4, -0.2) is 43.6 Å². The molecule has 0 radical (unpaired) electrons. The molecular weight excluding hydrogens is 350 g/mol. The summed E-state index contributed by atoms with van der Waals surface area (Å²) in [6.45, 7) is 2.86. The first-order valence-electron chi connectivity index (χ1n) is 9.50. The van der Waals surface area contributed by atoms with Gasteiger partial charge in [0.2, 0.25) is 0 Å². The Hall–Kier alpha value is -3.41. The van der Waals surface area contributed by atoms with Gasteiger partial charge in [0.05, 0.1) is 6.20 Å². The molecule has 28 heavy (non-hydrogen) atoms. The molecule has 0 aliphatic carbocycles. The van der Waals surface area contributed by atoms with Crippen LogP contribution in [0.1, 0.15) is 30.3 Å². The van der Waals surface area contributed by atoms with Crippen molar-refractivity contribution in [3.8, 4) is 16.9 Å². The van der Waals surface area contributed by atoms with Crippen molar-refractivity contribution in [2.75, 3.05) is 13.6 Å². The van der Waals surface area contributed by atoms with Crippen LogP contribution in [-0.2, 0) is 0 Å². The zero-order chi connectivity index (χ0) is 19.5. The molecule has 0 saturated heterocycles. The topological polar surface area (TPSA) is 55.4 Å². The Labute approximate surface area is 164 Å². The molecule has 4 rings (SSSR count). The monoisotopic (exact) mass is 373 g/mol. The maximum absolute atomic E-state index is 12.9. The molecule has 0 fully saturated rings. The summed E-state index contributed by atoms with van der Waals surface area (Å²) < 4.78 is 3.77. The molecule has 142 valence electrons. The van der Waals surface area contributed by atoms with Crippen LogP contribution in [0.4, 0.5) is 0 Å². The van der Waals surface area contributed by atoms with Crippen molar-refractivity contribution >= 4 is 11.4 Å². The summed E-state index contributed by atoms with van der Waals surface area (Å²) in [5.74, 6) is 0.808. The van der Waals surface area contributed by atoms with Crippen LogP contribution in [0.15, 0.2) is 67.3 Å². The van der Waals surface area contributed by atoms with Gasteiger partial charge >= 0.3 is 0 Å². The Kier molecular flexibility index (Phi) is 4.93. The Morgan fingerprint density at radius 2 is 1.93 bits per heavy atom. The summed E-state index contributed by atoms with van der Waals surface area (Å²) in [5.41, 5.74) is 3.69. The van der Waals surface area contributed by atoms with Crippen molar-refractivity contribution in [2.45, 2.75) is 19.8 Å². The third-order valence-electron chi connectivity index (χ3n) is 4.90. The number of hydrogen-bond acceptors (Lipinski definition) is 3. The number of carbonyl (C=O) groups excluding carboxylic acids is 1. The predicted octanol–water partition coefficient (Wildman–Crippen LogP) is 4.06. The summed E-state index contributed by atoms with van der Waals surface area (Å²) in [5, 5.41) is 4.43. The van der Waals surface area contributed by atoms with Crippen LogP contribution >= 0.6 is 0 Å². The summed E-state index contributed by atoms with van der Waals surface area (Å²) in [6, 6.07) is 13.9. The molecule has 0 bridgehead atoms. The molecule has 6 heteroatoms. The van der Waals surface area contributed by atoms with Crippen molar-refractivity contribution in [2.24, 2.45) is 0 Å². The molecular formula is C22H23N5O. The fraction of sp³-hybridized carbons (Fsp3) is 0.227. The Balaban J connectivity index is 1.75. The van der Waals surface area contributed by atoms with E-state index < -0.39 is 0 Å². The van der Waals surface area contributed by atoms with Gasteiger partial charge in [-0.15, -0.1) is 0 Å². The molecule has 0 aromatic carbocycles. The second-order valence-electron chi connectivity index (χ2n) is 6.85. The summed E-state index contributed by atoms with van der Waals surface area (Å²) in [7, 11) is 1.84. The van der Waals surface area contributed by atoms with Gasteiger partial charge in [0.1, 0.15) is 11.5 Å². The van der Waals surface area contributed by atoms with E-state index in [9.17, 15) is 4.79 Å². The van der Waals surface area contributed by atoms with Crippen molar-refractivity contribution in [3.63, 3.8) is 0 Å². The Morgan fingerprint density at radius 3 is 2.71 bits per heavy atom. The smallest absolute Gasteiger partial charge is 0.272 e. The van der Waals surface area contributed by atoms with E-state index in [1.54, 1.807) is 28.0 Å². The lowest BCUT2D eigenvalue weighted by Gasteiger charge is -2.17. The van der Waals surface area contributed by atoms with Gasteiger partial charge in [-0.2, -0.15) is 5.10 Å². The molecule has 4 heterocycles. The lowest BCUT2D eigenvalue weighted by molar-refractivity contribution is 0.0784. The van der Waals surface area contributed by atoms with Crippen molar-refractivity contribution in [3.05, 3.63) is 72.9 Å². The van der Waals surface area contributed by atoms with Crippen LogP contribution in [0, 0.1) is 0 Å². The Morgan fingerprint density at radius 1 is 1.07 bits per heavy atom. The first-order valence-corrected chi connectivity index (χ1v) is 9.50. The number of nitrogens with zero attached hydrogens (tertiary/aromatic N) is 5. The van der Waals surface area contributed by atoms with E-state index in [2.05, 4.69) is 39.7 Å². The quantitative estimate of drug-likeness (QED) is 0.512. The number of amides is 1. The minimum Gasteiger partial charge on any atom is -0.340 e. The minimum absolute atomic E-state index is 0.0238. The fourth-order valence-electron chi connectivity index (χ4n) is 3.30. The van der Waals surface area contributed by atoms with Gasteiger partial charge in [-0.05, 0) is 42.3 Å². The minimum atomic E-state index is -0.0238. The Bertz CT molecular complexity index is 1100. The zero-order valence-electron chi connectivity index (χ0n) is 16.1. The average Bonchev–Trinajstić information content (AvgIpc) is 3.38. The standard InChI is InChI=1S/C22H23N5O/c1-3-4-14-25(2)22(28)20-11-13-24-27(20)21-10-9-19-8-7-18(16-26(19)21)17-6-5-12-23-15-17/h5-13,15-16H,3-4,14H2,1-2H3. The van der Waals surface area contributed by atoms with Gasteiger partial charge in [-0.25, -0.2) is 4.68 Å². The van der Waals surface area contributed by atoms with Crippen LogP contribution in [0.25, 0.3) is 22.5 Å². The highest BCUT2D eigenvalue weighted by Crippen LogP contribution is 2.23. The first-order chi connectivity index (χ1) is 13.7. The van der Waals surface area contributed by atoms with Crippen molar-refractivity contribution in [1.29, 1.82) is 0 Å². The third kappa shape index (κ3) is 3.29. The molecule has 0 spiro atoms. The molecule has 4 aromatic heterocycles. The summed E-state index contributed by atoms with van der Waals surface area (Å²) in [4.78, 5) is 18.9. The predicted molar refractivity (Wildman–Crippen MR) is 110 cm³/mol. The highest BCUT2D eigenvalue weighted by atomic mass is 16.2. The van der Waals surface area contributed by atoms with Gasteiger partial charge in [0.25, 0.3) is 5.91 Å². The van der Waals surface area contributed by atoms with E-state index >= 15 is 0 Å². The number of aromatic nitrogens is 4. The number of unbranched alkanes of at least 4 members (excludes halogenated alkanes) is 1. The van der Waals surface area contributed by atoms with Gasteiger partial charge < -0.3 is 9.30 Å². The molecule has 0 atom stereocenters. The van der Waals surface area contributed by atoms with Crippen LogP contribution in [0.5, 0.6) is 0 Å². The normalized spacial score (nSPS) is 11.1. The summed E-state index contributed by atoms with van der Waals surface area (Å²) in [6.07, 6.45) is 9.37. The van der Waals surface area contributed by atoms with E-state index in [4.69, 9.17) is 0 Å². The maximum Gasteiger partial charge on any atom is 0.272 e. The summed E-state index contributed by atoms with van der Waals surface area (Å²) >= 11 is 0. The second-order valence-corrected chi connectivity index (χ2v) is 6.85. The number of rotatable bonds is 6. The van der Waals surface area contributed by atoms with Gasteiger partial charge in [0.15, 0.2) is 0 Å². The highest BCUT2D eigenvalue weighted by molar-refractivity contribution is 5.93. The lowest BCUT2D eigenvalue weighted by atomic mass is 10.1. The van der Waals surface area contributed by atoms with Gasteiger partial charge in [-0.1, -0.05) is 25.5 Å². The van der Waals surface area contributed by atoms with Gasteiger partial charge in [-0.3, -0.25) is 9.78 Å². The zero-order valence-corrected chi connectivity index (χ0v) is 16.1. The SMILES string of the molecule is CCCCN(C)C(=O)c1ccnn1-c1ccc2ccc(-c3cccnc3)cn12. The van der Waals surface area contributed by atoms with Crippen LogP contribution in [0.2, 0.25) is 0 Å². The second kappa shape index (κ2) is 7.68. The molecule has 0 unspecified atom stereocenters.